The smallest absolute Gasteiger partial charge is 0.333 e. The van der Waals surface area contributed by atoms with Crippen LogP contribution in [0.25, 0.3) is 0 Å². The summed E-state index contributed by atoms with van der Waals surface area (Å²) >= 11 is 6.89. The van der Waals surface area contributed by atoms with E-state index in [9.17, 15) is 22.8 Å². The first-order valence-electron chi connectivity index (χ1n) is 13.3. The summed E-state index contributed by atoms with van der Waals surface area (Å²) in [6, 6.07) is 11.7. The van der Waals surface area contributed by atoms with Crippen molar-refractivity contribution in [2.75, 3.05) is 54.9 Å². The number of urea groups is 1. The van der Waals surface area contributed by atoms with Gasteiger partial charge in [-0.05, 0) is 74.0 Å². The molecule has 0 atom stereocenters. The molecule has 0 bridgehead atoms. The maximum atomic E-state index is 13.3. The molecule has 0 spiro atoms. The van der Waals surface area contributed by atoms with Crippen molar-refractivity contribution in [1.82, 2.24) is 9.62 Å². The zero-order chi connectivity index (χ0) is 29.9. The average Bonchev–Trinajstić information content (AvgIpc) is 3.31. The van der Waals surface area contributed by atoms with Gasteiger partial charge in [-0.15, -0.1) is 11.3 Å². The molecule has 0 saturated carbocycles. The third kappa shape index (κ3) is 6.93. The largest absolute Gasteiger partial charge is 0.385 e. The number of carbonyl (C=O) groups excluding carboxylic acids is 3. The third-order valence-electron chi connectivity index (χ3n) is 6.92. The van der Waals surface area contributed by atoms with Crippen molar-refractivity contribution < 1.29 is 27.5 Å². The Hall–Kier alpha value is -3.49. The van der Waals surface area contributed by atoms with E-state index in [-0.39, 0.29) is 22.2 Å². The number of nitrogens with one attached hydrogen (secondary N) is 3. The summed E-state index contributed by atoms with van der Waals surface area (Å²) < 4.78 is 32.2. The van der Waals surface area contributed by atoms with Crippen LogP contribution in [0.4, 0.5) is 21.9 Å². The van der Waals surface area contributed by atoms with E-state index in [1.165, 1.54) is 30.3 Å². The molecule has 0 unspecified atom stereocenters. The van der Waals surface area contributed by atoms with Crippen LogP contribution in [0.5, 0.6) is 0 Å². The van der Waals surface area contributed by atoms with E-state index >= 15 is 0 Å². The van der Waals surface area contributed by atoms with E-state index in [2.05, 4.69) is 15.5 Å². The lowest BCUT2D eigenvalue weighted by Crippen LogP contribution is -2.42. The minimum atomic E-state index is -4.10. The normalized spacial score (nSPS) is 15.8. The van der Waals surface area contributed by atoms with Crippen molar-refractivity contribution in [3.8, 4) is 0 Å². The Kier molecular flexibility index (Phi) is 9.13. The molecule has 2 aliphatic heterocycles. The van der Waals surface area contributed by atoms with Crippen molar-refractivity contribution >= 4 is 67.9 Å². The highest BCUT2D eigenvalue weighted by atomic mass is 35.5. The molecular weight excluding hydrogens is 602 g/mol. The maximum Gasteiger partial charge on any atom is 0.333 e. The number of benzene rings is 2. The molecule has 0 radical (unpaired) electrons. The van der Waals surface area contributed by atoms with Gasteiger partial charge in [-0.25, -0.2) is 22.8 Å². The Labute approximate surface area is 252 Å². The molecule has 14 heteroatoms. The Morgan fingerprint density at radius 2 is 1.76 bits per heavy atom. The van der Waals surface area contributed by atoms with Crippen LogP contribution in [-0.2, 0) is 26.0 Å². The number of aryl methyl sites for hydroxylation is 1. The number of anilines is 3. The second kappa shape index (κ2) is 12.8. The minimum Gasteiger partial charge on any atom is -0.385 e. The fourth-order valence-electron chi connectivity index (χ4n) is 4.75. The molecule has 11 nitrogen and oxygen atoms in total. The number of hydrogen-bond donors (Lipinski definition) is 3. The Morgan fingerprint density at radius 3 is 2.45 bits per heavy atom. The lowest BCUT2D eigenvalue weighted by molar-refractivity contribution is -0.117. The molecule has 1 aromatic heterocycles. The molecule has 1 fully saturated rings. The number of thiophene rings is 1. The van der Waals surface area contributed by atoms with Gasteiger partial charge < -0.3 is 15.4 Å². The first kappa shape index (κ1) is 30.0. The predicted octanol–water partition coefficient (Wildman–Crippen LogP) is 4.08. The van der Waals surface area contributed by atoms with Crippen LogP contribution in [0.1, 0.15) is 27.2 Å². The van der Waals surface area contributed by atoms with Gasteiger partial charge in [0.2, 0.25) is 5.91 Å². The highest BCUT2D eigenvalue weighted by Crippen LogP contribution is 2.30. The van der Waals surface area contributed by atoms with Gasteiger partial charge in [-0.1, -0.05) is 11.6 Å². The molecule has 2 aromatic carbocycles. The van der Waals surface area contributed by atoms with Gasteiger partial charge in [0.15, 0.2) is 0 Å². The van der Waals surface area contributed by atoms with E-state index in [0.717, 1.165) is 67.7 Å². The Morgan fingerprint density at radius 1 is 1.05 bits per heavy atom. The van der Waals surface area contributed by atoms with Crippen molar-refractivity contribution in [2.24, 2.45) is 0 Å². The van der Waals surface area contributed by atoms with Gasteiger partial charge in [-0.3, -0.25) is 14.5 Å². The fraction of sp³-hybridized carbons (Fsp3) is 0.321. The first-order chi connectivity index (χ1) is 20.1. The number of imide groups is 1. The summed E-state index contributed by atoms with van der Waals surface area (Å²) in [5.74, 6) is -0.805. The van der Waals surface area contributed by atoms with Crippen LogP contribution >= 0.6 is 22.9 Å². The zero-order valence-electron chi connectivity index (χ0n) is 22.8. The van der Waals surface area contributed by atoms with Crippen molar-refractivity contribution in [2.45, 2.75) is 24.0 Å². The second-order valence-electron chi connectivity index (χ2n) is 9.89. The lowest BCUT2D eigenvalue weighted by atomic mass is 9.97. The van der Waals surface area contributed by atoms with Crippen molar-refractivity contribution in [1.29, 1.82) is 0 Å². The number of rotatable bonds is 9. The van der Waals surface area contributed by atoms with Crippen LogP contribution in [0.3, 0.4) is 0 Å². The molecule has 42 heavy (non-hydrogen) atoms. The molecule has 3 N–H and O–H groups in total. The number of amides is 4. The van der Waals surface area contributed by atoms with Crippen molar-refractivity contribution in [3.63, 3.8) is 0 Å². The Balaban J connectivity index is 1.18. The molecule has 222 valence electrons. The van der Waals surface area contributed by atoms with Crippen molar-refractivity contribution in [3.05, 3.63) is 69.6 Å². The molecule has 3 heterocycles. The molecular formula is C28H30ClN5O6S2. The van der Waals surface area contributed by atoms with Crippen LogP contribution in [0.15, 0.2) is 52.7 Å². The average molecular weight is 632 g/mol. The summed E-state index contributed by atoms with van der Waals surface area (Å²) in [4.78, 5) is 42.7. The quantitative estimate of drug-likeness (QED) is 0.237. The number of nitrogens with zero attached hydrogens (tertiary/aromatic N) is 2. The predicted molar refractivity (Wildman–Crippen MR) is 162 cm³/mol. The van der Waals surface area contributed by atoms with Gasteiger partial charge in [0.1, 0.15) is 4.21 Å². The standard InChI is InChI=1S/C28H30ClN5O6S2/c1-18-24(29)17-26(41-18)42(38,39)32-28(37)31-20-3-6-22(7-4-20)34-25(35)16-19-15-21(5-8-23(19)27(34)36)30-9-2-10-33-11-13-40-14-12-33/h3-8,15,17,30H,2,9-14,16H2,1H3,(H2,31,32,37). The molecule has 5 rings (SSSR count). The first-order valence-corrected chi connectivity index (χ1v) is 16.0. The lowest BCUT2D eigenvalue weighted by Gasteiger charge is -2.27. The summed E-state index contributed by atoms with van der Waals surface area (Å²) in [7, 11) is -4.10. The maximum absolute atomic E-state index is 13.3. The molecule has 4 amide bonds. The minimum absolute atomic E-state index is 0.0663. The van der Waals surface area contributed by atoms with Gasteiger partial charge in [-0.2, -0.15) is 0 Å². The van der Waals surface area contributed by atoms with Crippen LogP contribution in [0, 0.1) is 6.92 Å². The van der Waals surface area contributed by atoms with E-state index < -0.39 is 22.0 Å². The topological polar surface area (TPSA) is 137 Å². The summed E-state index contributed by atoms with van der Waals surface area (Å²) in [5, 5.41) is 6.12. The summed E-state index contributed by atoms with van der Waals surface area (Å²) in [6.07, 6.45) is 1.03. The van der Waals surface area contributed by atoms with Crippen LogP contribution < -0.4 is 20.3 Å². The fourth-order valence-corrected chi connectivity index (χ4v) is 7.34. The monoisotopic (exact) mass is 631 g/mol. The summed E-state index contributed by atoms with van der Waals surface area (Å²) in [6.45, 7) is 6.87. The molecule has 2 aliphatic rings. The molecule has 1 saturated heterocycles. The number of hydrogen-bond acceptors (Lipinski definition) is 9. The van der Waals surface area contributed by atoms with Gasteiger partial charge >= 0.3 is 6.03 Å². The number of sulfonamides is 1. The van der Waals surface area contributed by atoms with Gasteiger partial charge in [0.25, 0.3) is 15.9 Å². The van der Waals surface area contributed by atoms with E-state index in [0.29, 0.717) is 26.7 Å². The second-order valence-corrected chi connectivity index (χ2v) is 13.5. The van der Waals surface area contributed by atoms with Gasteiger partial charge in [0.05, 0.1) is 30.3 Å². The van der Waals surface area contributed by atoms with E-state index in [1.54, 1.807) is 13.0 Å². The van der Waals surface area contributed by atoms with Crippen LogP contribution in [0.2, 0.25) is 5.02 Å². The van der Waals surface area contributed by atoms with E-state index in [1.807, 2.05) is 16.9 Å². The van der Waals surface area contributed by atoms with Gasteiger partial charge in [0, 0.05) is 41.4 Å². The Bertz CT molecular complexity index is 1580. The highest BCUT2D eigenvalue weighted by Gasteiger charge is 2.32. The number of fused-ring (bicyclic) bond motifs is 1. The summed E-state index contributed by atoms with van der Waals surface area (Å²) in [5.41, 5.74) is 2.58. The number of carbonyl (C=O) groups is 3. The van der Waals surface area contributed by atoms with Crippen LogP contribution in [-0.4, -0.2) is 70.6 Å². The molecule has 0 aliphatic carbocycles. The van der Waals surface area contributed by atoms with E-state index in [4.69, 9.17) is 16.3 Å². The highest BCUT2D eigenvalue weighted by molar-refractivity contribution is 7.92. The third-order valence-corrected chi connectivity index (χ3v) is 10.3. The molecule has 3 aromatic rings. The number of ether oxygens (including phenoxy) is 1. The SMILES string of the molecule is Cc1sc(S(=O)(=O)NC(=O)Nc2ccc(N3C(=O)Cc4cc(NCCCN5CCOCC5)ccc4C3=O)cc2)cc1Cl. The number of halogens is 1. The zero-order valence-corrected chi connectivity index (χ0v) is 25.2. The number of morpholine rings is 1.